The Bertz CT molecular complexity index is 381. The van der Waals surface area contributed by atoms with Crippen molar-refractivity contribution in [2.45, 2.75) is 0 Å². The third-order valence-corrected chi connectivity index (χ3v) is 1.84. The largest absolute Gasteiger partial charge is 0.498 e. The van der Waals surface area contributed by atoms with Gasteiger partial charge in [0.2, 0.25) is 5.75 Å². The van der Waals surface area contributed by atoms with Gasteiger partial charge in [-0.1, -0.05) is 0 Å². The van der Waals surface area contributed by atoms with Crippen LogP contribution in [0.3, 0.4) is 0 Å². The van der Waals surface area contributed by atoms with Crippen LogP contribution in [-0.4, -0.2) is 21.3 Å². The van der Waals surface area contributed by atoms with Crippen LogP contribution in [0.15, 0.2) is 12.1 Å². The highest BCUT2D eigenvalue weighted by atomic mass is 16.5. The maximum absolute atomic E-state index is 10.1. The number of hydrogen-bond acceptors (Lipinski definition) is 4. The van der Waals surface area contributed by atoms with E-state index in [4.69, 9.17) is 14.2 Å². The molecule has 15 heavy (non-hydrogen) atoms. The molecule has 0 spiro atoms. The van der Waals surface area contributed by atoms with Crippen molar-refractivity contribution in [3.05, 3.63) is 27.9 Å². The van der Waals surface area contributed by atoms with Crippen LogP contribution in [0.2, 0.25) is 0 Å². The Balaban J connectivity index is 3.33. The summed E-state index contributed by atoms with van der Waals surface area (Å²) in [6.45, 7) is 0. The second kappa shape index (κ2) is 4.96. The molecule has 0 aliphatic rings. The standard InChI is InChI=1S/C10H11NO4/c1-13-8-4-7(6-11-12)5-9(14-2)10(8)15-3/h4-5H,1-3H3. The van der Waals surface area contributed by atoms with Gasteiger partial charge in [0.25, 0.3) is 0 Å². The van der Waals surface area contributed by atoms with E-state index in [-0.39, 0.29) is 0 Å². The summed E-state index contributed by atoms with van der Waals surface area (Å²) in [5.41, 5.74) is 0.472. The van der Waals surface area contributed by atoms with Crippen LogP contribution in [0.5, 0.6) is 17.2 Å². The molecule has 0 N–H and O–H groups in total. The third-order valence-electron chi connectivity index (χ3n) is 1.84. The summed E-state index contributed by atoms with van der Waals surface area (Å²) in [5.74, 6) is 1.39. The van der Waals surface area contributed by atoms with Crippen molar-refractivity contribution >= 4 is 0 Å². The van der Waals surface area contributed by atoms with Gasteiger partial charge in [0.05, 0.1) is 21.3 Å². The molecular formula is C10H11NO4. The zero-order valence-corrected chi connectivity index (χ0v) is 8.73. The lowest BCUT2D eigenvalue weighted by Crippen LogP contribution is -1.95. The minimum atomic E-state index is 0.461. The van der Waals surface area contributed by atoms with Crippen LogP contribution < -0.4 is 14.2 Å². The second-order valence-electron chi connectivity index (χ2n) is 2.62. The SMILES string of the molecule is COc1cc(C#[N+][O-])cc(OC)c1OC. The Labute approximate surface area is 87.6 Å². The monoisotopic (exact) mass is 209 g/mol. The molecule has 1 aromatic carbocycles. The molecule has 1 rings (SSSR count). The van der Waals surface area contributed by atoms with Crippen LogP contribution in [0.25, 0.3) is 5.01 Å². The Morgan fingerprint density at radius 2 is 1.60 bits per heavy atom. The van der Waals surface area contributed by atoms with Crippen LogP contribution in [0.1, 0.15) is 5.56 Å². The summed E-state index contributed by atoms with van der Waals surface area (Å²) >= 11 is 0. The zero-order chi connectivity index (χ0) is 11.3. The molecule has 0 unspecified atom stereocenters. The molecule has 0 saturated carbocycles. The summed E-state index contributed by atoms with van der Waals surface area (Å²) < 4.78 is 15.3. The molecule has 0 amide bonds. The number of rotatable bonds is 3. The van der Waals surface area contributed by atoms with Crippen LogP contribution >= 0.6 is 0 Å². The molecule has 0 aromatic heterocycles. The van der Waals surface area contributed by atoms with Gasteiger partial charge in [-0.05, 0) is 0 Å². The first kappa shape index (κ1) is 11.0. The van der Waals surface area contributed by atoms with Crippen molar-refractivity contribution in [1.29, 1.82) is 0 Å². The number of ether oxygens (including phenoxy) is 3. The van der Waals surface area contributed by atoms with E-state index in [0.29, 0.717) is 22.8 Å². The van der Waals surface area contributed by atoms with Crippen molar-refractivity contribution in [2.75, 3.05) is 21.3 Å². The fraction of sp³-hybridized carbons (Fsp3) is 0.300. The van der Waals surface area contributed by atoms with E-state index in [0.717, 1.165) is 0 Å². The van der Waals surface area contributed by atoms with Crippen LogP contribution in [0, 0.1) is 11.3 Å². The predicted molar refractivity (Wildman–Crippen MR) is 55.8 cm³/mol. The summed E-state index contributed by atoms with van der Waals surface area (Å²) in [5, 5.41) is 12.6. The van der Waals surface area contributed by atoms with Crippen molar-refractivity contribution in [3.8, 4) is 23.3 Å². The van der Waals surface area contributed by atoms with E-state index < -0.39 is 0 Å². The maximum atomic E-state index is 10.1. The number of benzene rings is 1. The Morgan fingerprint density at radius 3 is 1.93 bits per heavy atom. The molecule has 0 bridgehead atoms. The highest BCUT2D eigenvalue weighted by Crippen LogP contribution is 2.37. The highest BCUT2D eigenvalue weighted by molar-refractivity contribution is 5.56. The number of hydrogen-bond donors (Lipinski definition) is 0. The smallest absolute Gasteiger partial charge is 0.336 e. The second-order valence-corrected chi connectivity index (χ2v) is 2.62. The minimum absolute atomic E-state index is 0.461. The lowest BCUT2D eigenvalue weighted by molar-refractivity contribution is 0.324. The maximum Gasteiger partial charge on any atom is 0.336 e. The lowest BCUT2D eigenvalue weighted by Gasteiger charge is -2.11. The molecule has 0 fully saturated rings. The molecular weight excluding hydrogens is 198 g/mol. The van der Waals surface area contributed by atoms with Crippen LogP contribution in [-0.2, 0) is 0 Å². The van der Waals surface area contributed by atoms with Gasteiger partial charge >= 0.3 is 6.07 Å². The van der Waals surface area contributed by atoms with Gasteiger partial charge in [-0.2, -0.15) is 0 Å². The van der Waals surface area contributed by atoms with Crippen molar-refractivity contribution in [3.63, 3.8) is 0 Å². The topological polar surface area (TPSA) is 55.1 Å². The predicted octanol–water partition coefficient (Wildman–Crippen LogP) is 1.89. The molecule has 0 radical (unpaired) electrons. The summed E-state index contributed by atoms with van der Waals surface area (Å²) in [6, 6.07) is 5.43. The molecule has 0 aliphatic heterocycles. The molecule has 80 valence electrons. The first-order chi connectivity index (χ1) is 7.26. The molecule has 1 aromatic rings. The van der Waals surface area contributed by atoms with Crippen molar-refractivity contribution in [1.82, 2.24) is 0 Å². The van der Waals surface area contributed by atoms with Gasteiger partial charge in [-0.15, -0.1) is 0 Å². The molecule has 5 heteroatoms. The summed E-state index contributed by atoms with van der Waals surface area (Å²) in [6.07, 6.45) is 0. The summed E-state index contributed by atoms with van der Waals surface area (Å²) in [4.78, 5) is 0. The average molecular weight is 209 g/mol. The summed E-state index contributed by atoms with van der Waals surface area (Å²) in [7, 11) is 4.50. The lowest BCUT2D eigenvalue weighted by atomic mass is 10.2. The van der Waals surface area contributed by atoms with Gasteiger partial charge in [0.1, 0.15) is 5.56 Å². The molecule has 0 atom stereocenters. The quantitative estimate of drug-likeness (QED) is 0.713. The zero-order valence-electron chi connectivity index (χ0n) is 8.73. The number of methoxy groups -OCH3 is 3. The van der Waals surface area contributed by atoms with Crippen LogP contribution in [0.4, 0.5) is 0 Å². The Morgan fingerprint density at radius 1 is 1.07 bits per heavy atom. The highest BCUT2D eigenvalue weighted by Gasteiger charge is 2.13. The third kappa shape index (κ3) is 2.23. The minimum Gasteiger partial charge on any atom is -0.498 e. The van der Waals surface area contributed by atoms with Gasteiger partial charge in [0, 0.05) is 17.1 Å². The van der Waals surface area contributed by atoms with E-state index in [1.54, 1.807) is 12.1 Å². The Kier molecular flexibility index (Phi) is 3.63. The van der Waals surface area contributed by atoms with Crippen molar-refractivity contribution in [2.24, 2.45) is 0 Å². The van der Waals surface area contributed by atoms with E-state index in [1.165, 1.54) is 21.3 Å². The first-order valence-corrected chi connectivity index (χ1v) is 4.15. The fourth-order valence-corrected chi connectivity index (χ4v) is 1.20. The van der Waals surface area contributed by atoms with Crippen molar-refractivity contribution < 1.29 is 14.2 Å². The number of nitrogens with zero attached hydrogens (tertiary/aromatic N) is 1. The molecule has 0 aliphatic carbocycles. The normalized spacial score (nSPS) is 8.73. The molecule has 0 saturated heterocycles. The Hall–Kier alpha value is -2.09. The van der Waals surface area contributed by atoms with E-state index in [9.17, 15) is 5.21 Å². The van der Waals surface area contributed by atoms with Gasteiger partial charge in [0.15, 0.2) is 11.5 Å². The average Bonchev–Trinajstić information content (AvgIpc) is 2.28. The molecule has 5 nitrogen and oxygen atoms in total. The van der Waals surface area contributed by atoms with Gasteiger partial charge in [-0.25, -0.2) is 0 Å². The van der Waals surface area contributed by atoms with Gasteiger partial charge < -0.3 is 19.4 Å². The fourth-order valence-electron chi connectivity index (χ4n) is 1.20. The van der Waals surface area contributed by atoms with Gasteiger partial charge in [-0.3, -0.25) is 0 Å². The molecule has 0 heterocycles. The van der Waals surface area contributed by atoms with E-state index in [2.05, 4.69) is 11.1 Å². The van der Waals surface area contributed by atoms with E-state index in [1.807, 2.05) is 0 Å². The van der Waals surface area contributed by atoms with E-state index >= 15 is 0 Å². The first-order valence-electron chi connectivity index (χ1n) is 4.15.